The summed E-state index contributed by atoms with van der Waals surface area (Å²) in [6.07, 6.45) is 1.13. The van der Waals surface area contributed by atoms with Crippen molar-refractivity contribution in [2.24, 2.45) is 5.92 Å². The molecule has 1 N–H and O–H groups in total. The molecular weight excluding hydrogens is 443 g/mol. The van der Waals surface area contributed by atoms with Gasteiger partial charge >= 0.3 is 6.09 Å². The lowest BCUT2D eigenvalue weighted by Gasteiger charge is -2.30. The number of carbonyl (C=O) groups excluding carboxylic acids is 3. The molecule has 7 nitrogen and oxygen atoms in total. The van der Waals surface area contributed by atoms with Crippen LogP contribution in [0, 0.1) is 5.92 Å². The first-order valence-corrected chi connectivity index (χ1v) is 10.5. The number of alkyl carbamates (subject to hydrolysis) is 1. The SMILES string of the molecule is COC1=CC(=O)N(C(=O)C(CC(C)C)NC(=O)OC(C)(C)C)C1CCC(Cl)(Cl)Cl. The van der Waals surface area contributed by atoms with Crippen LogP contribution in [-0.2, 0) is 19.1 Å². The fraction of sp³-hybridized carbons (Fsp3) is 0.737. The second-order valence-corrected chi connectivity index (χ2v) is 10.8. The van der Waals surface area contributed by atoms with Crippen molar-refractivity contribution in [3.63, 3.8) is 0 Å². The quantitative estimate of drug-likeness (QED) is 0.558. The molecule has 166 valence electrons. The summed E-state index contributed by atoms with van der Waals surface area (Å²) in [7, 11) is 1.40. The number of imide groups is 1. The van der Waals surface area contributed by atoms with Crippen molar-refractivity contribution in [1.82, 2.24) is 10.2 Å². The first kappa shape index (κ1) is 25.9. The van der Waals surface area contributed by atoms with Crippen LogP contribution in [0.5, 0.6) is 0 Å². The Hall–Kier alpha value is -1.18. The molecule has 0 aliphatic carbocycles. The van der Waals surface area contributed by atoms with Crippen molar-refractivity contribution in [2.45, 2.75) is 75.4 Å². The summed E-state index contributed by atoms with van der Waals surface area (Å²) < 4.78 is 8.97. The molecule has 0 fully saturated rings. The lowest BCUT2D eigenvalue weighted by Crippen LogP contribution is -2.53. The minimum Gasteiger partial charge on any atom is -0.499 e. The molecule has 3 amide bonds. The van der Waals surface area contributed by atoms with Crippen LogP contribution in [-0.4, -0.2) is 51.4 Å². The molecule has 1 aliphatic heterocycles. The fourth-order valence-electron chi connectivity index (χ4n) is 2.91. The van der Waals surface area contributed by atoms with E-state index in [1.807, 2.05) is 13.8 Å². The van der Waals surface area contributed by atoms with Crippen LogP contribution >= 0.6 is 34.8 Å². The van der Waals surface area contributed by atoms with Gasteiger partial charge in [0, 0.05) is 6.08 Å². The van der Waals surface area contributed by atoms with Gasteiger partial charge in [-0.25, -0.2) is 4.79 Å². The Morgan fingerprint density at radius 3 is 2.28 bits per heavy atom. The molecule has 29 heavy (non-hydrogen) atoms. The number of alkyl halides is 3. The number of amides is 3. The predicted octanol–water partition coefficient (Wildman–Crippen LogP) is 4.34. The van der Waals surface area contributed by atoms with E-state index in [4.69, 9.17) is 44.3 Å². The number of methoxy groups -OCH3 is 1. The van der Waals surface area contributed by atoms with Crippen LogP contribution in [0.1, 0.15) is 53.9 Å². The molecule has 1 rings (SSSR count). The molecule has 1 aliphatic rings. The topological polar surface area (TPSA) is 84.9 Å². The Morgan fingerprint density at radius 1 is 1.24 bits per heavy atom. The number of nitrogens with zero attached hydrogens (tertiary/aromatic N) is 1. The molecule has 0 aromatic carbocycles. The number of ether oxygens (including phenoxy) is 2. The molecule has 0 radical (unpaired) electrons. The first-order chi connectivity index (χ1) is 13.1. The van der Waals surface area contributed by atoms with Gasteiger partial charge in [-0.3, -0.25) is 14.5 Å². The Balaban J connectivity index is 3.07. The summed E-state index contributed by atoms with van der Waals surface area (Å²) in [6, 6.07) is -1.67. The van der Waals surface area contributed by atoms with E-state index in [2.05, 4.69) is 5.32 Å². The third-order valence-electron chi connectivity index (χ3n) is 4.01. The highest BCUT2D eigenvalue weighted by atomic mass is 35.6. The largest absolute Gasteiger partial charge is 0.499 e. The van der Waals surface area contributed by atoms with E-state index in [1.165, 1.54) is 13.2 Å². The van der Waals surface area contributed by atoms with Crippen molar-refractivity contribution < 1.29 is 23.9 Å². The maximum absolute atomic E-state index is 13.2. The average Bonchev–Trinajstić information content (AvgIpc) is 2.84. The Kier molecular flexibility index (Phi) is 9.12. The van der Waals surface area contributed by atoms with E-state index in [-0.39, 0.29) is 18.8 Å². The summed E-state index contributed by atoms with van der Waals surface area (Å²) in [5, 5.41) is 2.58. The van der Waals surface area contributed by atoms with Gasteiger partial charge in [0.25, 0.3) is 11.8 Å². The molecule has 2 atom stereocenters. The van der Waals surface area contributed by atoms with Gasteiger partial charge < -0.3 is 14.8 Å². The van der Waals surface area contributed by atoms with Gasteiger partial charge in [-0.15, -0.1) is 0 Å². The van der Waals surface area contributed by atoms with E-state index in [0.29, 0.717) is 12.2 Å². The molecule has 0 aromatic heterocycles. The maximum Gasteiger partial charge on any atom is 0.408 e. The van der Waals surface area contributed by atoms with Crippen LogP contribution in [0.15, 0.2) is 11.8 Å². The fourth-order valence-corrected chi connectivity index (χ4v) is 3.24. The molecule has 0 saturated carbocycles. The van der Waals surface area contributed by atoms with Gasteiger partial charge in [0.15, 0.2) is 3.79 Å². The van der Waals surface area contributed by atoms with Gasteiger partial charge in [0.05, 0.1) is 13.2 Å². The van der Waals surface area contributed by atoms with E-state index in [1.54, 1.807) is 20.8 Å². The highest BCUT2D eigenvalue weighted by Gasteiger charge is 2.42. The van der Waals surface area contributed by atoms with Crippen LogP contribution in [0.4, 0.5) is 4.79 Å². The number of carbonyl (C=O) groups is 3. The molecular formula is C19H29Cl3N2O5. The monoisotopic (exact) mass is 470 g/mol. The number of hydrogen-bond donors (Lipinski definition) is 1. The minimum atomic E-state index is -1.54. The number of halogens is 3. The summed E-state index contributed by atoms with van der Waals surface area (Å²) in [6.45, 7) is 8.97. The van der Waals surface area contributed by atoms with Crippen LogP contribution in [0.3, 0.4) is 0 Å². The zero-order chi connectivity index (χ0) is 22.6. The second kappa shape index (κ2) is 10.2. The molecule has 0 aromatic rings. The second-order valence-electron chi connectivity index (χ2n) is 8.30. The highest BCUT2D eigenvalue weighted by molar-refractivity contribution is 6.67. The summed E-state index contributed by atoms with van der Waals surface area (Å²) in [5.41, 5.74) is -0.726. The lowest BCUT2D eigenvalue weighted by molar-refractivity contribution is -0.145. The van der Waals surface area contributed by atoms with Gasteiger partial charge in [-0.05, 0) is 46.0 Å². The van der Waals surface area contributed by atoms with E-state index in [0.717, 1.165) is 4.90 Å². The molecule has 10 heteroatoms. The van der Waals surface area contributed by atoms with Gasteiger partial charge in [0.2, 0.25) is 0 Å². The Bertz CT molecular complexity index is 653. The molecule has 1 heterocycles. The van der Waals surface area contributed by atoms with Gasteiger partial charge in [-0.1, -0.05) is 48.7 Å². The molecule has 2 unspecified atom stereocenters. The molecule has 0 spiro atoms. The van der Waals surface area contributed by atoms with Crippen LogP contribution in [0.2, 0.25) is 0 Å². The van der Waals surface area contributed by atoms with Gasteiger partial charge in [0.1, 0.15) is 17.4 Å². The van der Waals surface area contributed by atoms with E-state index >= 15 is 0 Å². The van der Waals surface area contributed by atoms with Gasteiger partial charge in [-0.2, -0.15) is 0 Å². The van der Waals surface area contributed by atoms with Crippen molar-refractivity contribution >= 4 is 52.7 Å². The zero-order valence-corrected chi connectivity index (χ0v) is 19.8. The van der Waals surface area contributed by atoms with E-state index in [9.17, 15) is 14.4 Å². The first-order valence-electron chi connectivity index (χ1n) is 9.33. The summed E-state index contributed by atoms with van der Waals surface area (Å²) in [4.78, 5) is 39.1. The standard InChI is InChI=1S/C19H29Cl3N2O5/c1-11(2)9-12(23-17(27)29-18(3,4)5)16(26)24-13(7-8-19(20,21)22)14(28-6)10-15(24)25/h10-13H,7-9H2,1-6H3,(H,23,27). The molecule has 0 saturated heterocycles. The van der Waals surface area contributed by atoms with Crippen molar-refractivity contribution in [3.05, 3.63) is 11.8 Å². The third-order valence-corrected chi connectivity index (χ3v) is 4.58. The van der Waals surface area contributed by atoms with Crippen molar-refractivity contribution in [2.75, 3.05) is 7.11 Å². The average molecular weight is 472 g/mol. The smallest absolute Gasteiger partial charge is 0.408 e. The summed E-state index contributed by atoms with van der Waals surface area (Å²) >= 11 is 17.5. The number of nitrogens with one attached hydrogen (secondary N) is 1. The van der Waals surface area contributed by atoms with Crippen LogP contribution < -0.4 is 5.32 Å². The number of hydrogen-bond acceptors (Lipinski definition) is 5. The predicted molar refractivity (Wildman–Crippen MR) is 113 cm³/mol. The van der Waals surface area contributed by atoms with Crippen molar-refractivity contribution in [1.29, 1.82) is 0 Å². The highest BCUT2D eigenvalue weighted by Crippen LogP contribution is 2.35. The Morgan fingerprint density at radius 2 is 1.83 bits per heavy atom. The maximum atomic E-state index is 13.2. The van der Waals surface area contributed by atoms with E-state index < -0.39 is 39.4 Å². The lowest BCUT2D eigenvalue weighted by atomic mass is 10.0. The van der Waals surface area contributed by atoms with Crippen molar-refractivity contribution in [3.8, 4) is 0 Å². The zero-order valence-electron chi connectivity index (χ0n) is 17.6. The normalized spacial score (nSPS) is 18.6. The minimum absolute atomic E-state index is 0.0751. The van der Waals surface area contributed by atoms with Crippen LogP contribution in [0.25, 0.3) is 0 Å². The number of rotatable bonds is 7. The third kappa shape index (κ3) is 8.60. The molecule has 0 bridgehead atoms. The summed E-state index contributed by atoms with van der Waals surface area (Å²) in [5.74, 6) is -0.725. The Labute approximate surface area is 187 Å².